The second-order valence-electron chi connectivity index (χ2n) is 5.86. The van der Waals surface area contributed by atoms with Crippen LogP contribution in [0.4, 0.5) is 21.9 Å². The zero-order valence-corrected chi connectivity index (χ0v) is 14.1. The van der Waals surface area contributed by atoms with Crippen molar-refractivity contribution in [1.82, 2.24) is 0 Å². The molecule has 2 amide bonds. The normalized spacial score (nSPS) is 13.7. The largest absolute Gasteiger partial charge is 0.497 e. The van der Waals surface area contributed by atoms with Crippen LogP contribution in [0.15, 0.2) is 42.5 Å². The van der Waals surface area contributed by atoms with E-state index in [2.05, 4.69) is 10.6 Å². The zero-order chi connectivity index (χ0) is 16.9. The van der Waals surface area contributed by atoms with E-state index in [-0.39, 0.29) is 6.03 Å². The Morgan fingerprint density at radius 2 is 1.83 bits per heavy atom. The Bertz CT molecular complexity index is 713. The predicted molar refractivity (Wildman–Crippen MR) is 98.3 cm³/mol. The quantitative estimate of drug-likeness (QED) is 0.893. The fourth-order valence-electron chi connectivity index (χ4n) is 2.98. The monoisotopic (exact) mass is 325 g/mol. The number of ether oxygens (including phenoxy) is 1. The number of carbonyl (C=O) groups is 1. The third kappa shape index (κ3) is 3.45. The Kier molecular flexibility index (Phi) is 4.89. The van der Waals surface area contributed by atoms with Crippen LogP contribution in [-0.4, -0.2) is 26.7 Å². The highest BCUT2D eigenvalue weighted by Crippen LogP contribution is 2.30. The van der Waals surface area contributed by atoms with Crippen LogP contribution >= 0.6 is 0 Å². The van der Waals surface area contributed by atoms with Crippen LogP contribution in [0, 0.1) is 0 Å². The third-order valence-electron chi connectivity index (χ3n) is 4.33. The predicted octanol–water partition coefficient (Wildman–Crippen LogP) is 4.11. The number of amides is 2. The van der Waals surface area contributed by atoms with Crippen LogP contribution in [0.5, 0.6) is 5.75 Å². The Morgan fingerprint density at radius 1 is 1.08 bits per heavy atom. The van der Waals surface area contributed by atoms with E-state index >= 15 is 0 Å². The minimum Gasteiger partial charge on any atom is -0.497 e. The lowest BCUT2D eigenvalue weighted by molar-refractivity contribution is 0.257. The minimum absolute atomic E-state index is 0.0967. The first-order chi connectivity index (χ1) is 11.7. The number of nitrogens with zero attached hydrogens (tertiary/aromatic N) is 1. The van der Waals surface area contributed by atoms with Crippen LogP contribution in [0.2, 0.25) is 0 Å². The number of nitrogens with one attached hydrogen (secondary N) is 2. The van der Waals surface area contributed by atoms with Crippen LogP contribution in [0.1, 0.15) is 18.4 Å². The van der Waals surface area contributed by atoms with Gasteiger partial charge in [0, 0.05) is 30.7 Å². The third-order valence-corrected chi connectivity index (χ3v) is 4.33. The highest BCUT2D eigenvalue weighted by atomic mass is 16.5. The molecule has 0 aromatic heterocycles. The lowest BCUT2D eigenvalue weighted by Gasteiger charge is -2.23. The lowest BCUT2D eigenvalue weighted by Crippen LogP contribution is -2.35. The van der Waals surface area contributed by atoms with E-state index < -0.39 is 0 Å². The number of benzene rings is 2. The maximum atomic E-state index is 12.8. The Balaban J connectivity index is 1.81. The SMILES string of the molecule is CNc1ccc(NC(=O)N2CCCCc3cc(OC)ccc32)cc1. The lowest BCUT2D eigenvalue weighted by atomic mass is 10.1. The molecule has 126 valence electrons. The van der Waals surface area contributed by atoms with Crippen molar-refractivity contribution in [1.29, 1.82) is 0 Å². The van der Waals surface area contributed by atoms with Crippen LogP contribution in [0.3, 0.4) is 0 Å². The van der Waals surface area contributed by atoms with E-state index in [1.54, 1.807) is 7.11 Å². The molecule has 24 heavy (non-hydrogen) atoms. The van der Waals surface area contributed by atoms with Crippen molar-refractivity contribution in [2.24, 2.45) is 0 Å². The molecule has 0 spiro atoms. The summed E-state index contributed by atoms with van der Waals surface area (Å²) in [7, 11) is 3.54. The number of fused-ring (bicyclic) bond motifs is 1. The van der Waals surface area contributed by atoms with Gasteiger partial charge in [-0.05, 0) is 67.3 Å². The van der Waals surface area contributed by atoms with Gasteiger partial charge in [-0.1, -0.05) is 0 Å². The second-order valence-corrected chi connectivity index (χ2v) is 5.86. The van der Waals surface area contributed by atoms with Crippen molar-refractivity contribution < 1.29 is 9.53 Å². The van der Waals surface area contributed by atoms with E-state index in [9.17, 15) is 4.79 Å². The molecule has 0 saturated heterocycles. The first kappa shape index (κ1) is 16.2. The first-order valence-electron chi connectivity index (χ1n) is 8.24. The summed E-state index contributed by atoms with van der Waals surface area (Å²) in [6, 6.07) is 13.5. The van der Waals surface area contributed by atoms with Gasteiger partial charge in [-0.3, -0.25) is 4.90 Å². The van der Waals surface area contributed by atoms with Gasteiger partial charge in [-0.2, -0.15) is 0 Å². The molecule has 1 aliphatic heterocycles. The molecule has 0 bridgehead atoms. The van der Waals surface area contributed by atoms with E-state index in [1.165, 1.54) is 0 Å². The molecule has 2 aromatic rings. The van der Waals surface area contributed by atoms with Gasteiger partial charge in [0.15, 0.2) is 0 Å². The van der Waals surface area contributed by atoms with Crippen molar-refractivity contribution in [3.05, 3.63) is 48.0 Å². The van der Waals surface area contributed by atoms with E-state index in [0.717, 1.165) is 54.2 Å². The van der Waals surface area contributed by atoms with Crippen LogP contribution in [0.25, 0.3) is 0 Å². The number of aryl methyl sites for hydroxylation is 1. The maximum absolute atomic E-state index is 12.8. The minimum atomic E-state index is -0.0967. The smallest absolute Gasteiger partial charge is 0.326 e. The molecule has 1 aliphatic rings. The molecule has 0 atom stereocenters. The highest BCUT2D eigenvalue weighted by Gasteiger charge is 2.21. The van der Waals surface area contributed by atoms with Gasteiger partial charge in [0.25, 0.3) is 0 Å². The number of methoxy groups -OCH3 is 1. The highest BCUT2D eigenvalue weighted by molar-refractivity contribution is 6.02. The number of rotatable bonds is 3. The number of hydrogen-bond acceptors (Lipinski definition) is 3. The fourth-order valence-corrected chi connectivity index (χ4v) is 2.98. The van der Waals surface area contributed by atoms with Gasteiger partial charge in [0.1, 0.15) is 5.75 Å². The molecule has 0 fully saturated rings. The van der Waals surface area contributed by atoms with Gasteiger partial charge in [-0.15, -0.1) is 0 Å². The molecule has 0 radical (unpaired) electrons. The van der Waals surface area contributed by atoms with E-state index in [1.807, 2.05) is 54.4 Å². The van der Waals surface area contributed by atoms with Gasteiger partial charge in [0.05, 0.1) is 7.11 Å². The topological polar surface area (TPSA) is 53.6 Å². The summed E-state index contributed by atoms with van der Waals surface area (Å²) in [4.78, 5) is 14.6. The van der Waals surface area contributed by atoms with Crippen LogP contribution in [-0.2, 0) is 6.42 Å². The molecular formula is C19H23N3O2. The van der Waals surface area contributed by atoms with Gasteiger partial charge < -0.3 is 15.4 Å². The molecule has 0 aliphatic carbocycles. The summed E-state index contributed by atoms with van der Waals surface area (Å²) in [5.74, 6) is 0.832. The van der Waals surface area contributed by atoms with Crippen molar-refractivity contribution in [3.63, 3.8) is 0 Å². The summed E-state index contributed by atoms with van der Waals surface area (Å²) in [5, 5.41) is 6.06. The number of hydrogen-bond donors (Lipinski definition) is 2. The van der Waals surface area contributed by atoms with E-state index in [0.29, 0.717) is 0 Å². The van der Waals surface area contributed by atoms with Crippen molar-refractivity contribution in [2.75, 3.05) is 36.2 Å². The number of carbonyl (C=O) groups excluding carboxylic acids is 1. The van der Waals surface area contributed by atoms with Gasteiger partial charge in [0.2, 0.25) is 0 Å². The summed E-state index contributed by atoms with van der Waals surface area (Å²) in [6.45, 7) is 0.722. The average Bonchev–Trinajstić information content (AvgIpc) is 2.84. The Hall–Kier alpha value is -2.69. The summed E-state index contributed by atoms with van der Waals surface area (Å²) >= 11 is 0. The van der Waals surface area contributed by atoms with Gasteiger partial charge in [-0.25, -0.2) is 4.79 Å². The van der Waals surface area contributed by atoms with Crippen molar-refractivity contribution in [3.8, 4) is 5.75 Å². The molecular weight excluding hydrogens is 302 g/mol. The summed E-state index contributed by atoms with van der Waals surface area (Å²) in [5.41, 5.74) is 3.93. The number of urea groups is 1. The molecule has 0 unspecified atom stereocenters. The molecule has 2 N–H and O–H groups in total. The fraction of sp³-hybridized carbons (Fsp3) is 0.316. The Morgan fingerprint density at radius 3 is 2.54 bits per heavy atom. The molecule has 2 aromatic carbocycles. The van der Waals surface area contributed by atoms with Crippen LogP contribution < -0.4 is 20.3 Å². The number of anilines is 3. The molecule has 5 nitrogen and oxygen atoms in total. The van der Waals surface area contributed by atoms with E-state index in [4.69, 9.17) is 4.74 Å². The zero-order valence-electron chi connectivity index (χ0n) is 14.1. The standard InChI is InChI=1S/C19H23N3O2/c1-20-15-6-8-16(9-7-15)21-19(23)22-12-4-3-5-14-13-17(24-2)10-11-18(14)22/h6-11,13,20H,3-5,12H2,1-2H3,(H,21,23). The summed E-state index contributed by atoms with van der Waals surface area (Å²) in [6.07, 6.45) is 3.02. The maximum Gasteiger partial charge on any atom is 0.326 e. The van der Waals surface area contributed by atoms with Gasteiger partial charge >= 0.3 is 6.03 Å². The molecule has 3 rings (SSSR count). The Labute approximate surface area is 142 Å². The molecule has 1 heterocycles. The van der Waals surface area contributed by atoms with Crippen molar-refractivity contribution >= 4 is 23.1 Å². The molecule has 5 heteroatoms. The average molecular weight is 325 g/mol. The molecule has 0 saturated carbocycles. The second kappa shape index (κ2) is 7.25. The van der Waals surface area contributed by atoms with Crippen molar-refractivity contribution in [2.45, 2.75) is 19.3 Å². The first-order valence-corrected chi connectivity index (χ1v) is 8.24. The summed E-state index contributed by atoms with van der Waals surface area (Å²) < 4.78 is 5.31.